The summed E-state index contributed by atoms with van der Waals surface area (Å²) < 4.78 is 53.4. The van der Waals surface area contributed by atoms with Crippen LogP contribution in [0.25, 0.3) is 0 Å². The number of nitrogens with one attached hydrogen (secondary N) is 1. The van der Waals surface area contributed by atoms with E-state index in [-0.39, 0.29) is 15.1 Å². The first-order valence-electron chi connectivity index (χ1n) is 5.75. The Labute approximate surface area is 129 Å². The minimum atomic E-state index is -4.05. The third-order valence-corrected chi connectivity index (χ3v) is 4.98. The highest BCUT2D eigenvalue weighted by Gasteiger charge is 2.21. The van der Waals surface area contributed by atoms with E-state index in [1.165, 1.54) is 12.1 Å². The maximum absolute atomic E-state index is 13.7. The van der Waals surface area contributed by atoms with Gasteiger partial charge >= 0.3 is 0 Å². The van der Waals surface area contributed by atoms with Crippen LogP contribution in [-0.2, 0) is 10.0 Å². The summed E-state index contributed by atoms with van der Waals surface area (Å²) >= 11 is 2.92. The number of nitrogens with two attached hydrogens (primary N) is 1. The Morgan fingerprint density at radius 3 is 2.52 bits per heavy atom. The molecular weight excluding hydrogens is 366 g/mol. The van der Waals surface area contributed by atoms with Gasteiger partial charge in [-0.3, -0.25) is 4.72 Å². The van der Waals surface area contributed by atoms with Gasteiger partial charge in [0.05, 0.1) is 10.6 Å². The van der Waals surface area contributed by atoms with Crippen molar-refractivity contribution in [2.24, 2.45) is 0 Å². The Balaban J connectivity index is 2.50. The number of sulfonamides is 1. The molecule has 112 valence electrons. The number of halogens is 3. The lowest BCUT2D eigenvalue weighted by Gasteiger charge is -2.13. The molecular formula is C13H11BrF2N2O2S. The van der Waals surface area contributed by atoms with E-state index in [2.05, 4.69) is 20.7 Å². The predicted molar refractivity (Wildman–Crippen MR) is 80.5 cm³/mol. The highest BCUT2D eigenvalue weighted by Crippen LogP contribution is 2.30. The summed E-state index contributed by atoms with van der Waals surface area (Å²) in [7, 11) is -4.05. The molecule has 3 N–H and O–H groups in total. The van der Waals surface area contributed by atoms with Gasteiger partial charge in [-0.15, -0.1) is 0 Å². The van der Waals surface area contributed by atoms with Crippen molar-refractivity contribution >= 4 is 37.3 Å². The third-order valence-electron chi connectivity index (χ3n) is 2.86. The molecule has 2 aromatic rings. The van der Waals surface area contributed by atoms with E-state index in [1.54, 1.807) is 13.0 Å². The Morgan fingerprint density at radius 2 is 1.90 bits per heavy atom. The van der Waals surface area contributed by atoms with Crippen LogP contribution in [0.4, 0.5) is 20.2 Å². The van der Waals surface area contributed by atoms with Gasteiger partial charge in [0.25, 0.3) is 10.0 Å². The molecule has 2 aromatic carbocycles. The van der Waals surface area contributed by atoms with Crippen molar-refractivity contribution in [1.29, 1.82) is 0 Å². The van der Waals surface area contributed by atoms with Crippen molar-refractivity contribution in [3.63, 3.8) is 0 Å². The molecule has 8 heteroatoms. The average molecular weight is 377 g/mol. The second kappa shape index (κ2) is 5.61. The highest BCUT2D eigenvalue weighted by atomic mass is 79.9. The molecule has 0 atom stereocenters. The summed E-state index contributed by atoms with van der Waals surface area (Å²) in [5.74, 6) is -1.84. The maximum Gasteiger partial charge on any atom is 0.262 e. The molecule has 0 heterocycles. The van der Waals surface area contributed by atoms with Gasteiger partial charge in [0.2, 0.25) is 0 Å². The first kappa shape index (κ1) is 15.7. The van der Waals surface area contributed by atoms with Crippen LogP contribution in [0.5, 0.6) is 0 Å². The number of anilines is 2. The Kier molecular flexibility index (Phi) is 4.20. The van der Waals surface area contributed by atoms with Gasteiger partial charge in [0, 0.05) is 16.2 Å². The largest absolute Gasteiger partial charge is 0.398 e. The third kappa shape index (κ3) is 3.16. The zero-order valence-electron chi connectivity index (χ0n) is 10.8. The Morgan fingerprint density at radius 1 is 1.24 bits per heavy atom. The smallest absolute Gasteiger partial charge is 0.262 e. The number of nitrogen functional groups attached to an aromatic ring is 1. The lowest BCUT2D eigenvalue weighted by molar-refractivity contribution is 0.581. The van der Waals surface area contributed by atoms with Crippen molar-refractivity contribution in [1.82, 2.24) is 0 Å². The fraction of sp³-hybridized carbons (Fsp3) is 0.0769. The number of benzene rings is 2. The minimum Gasteiger partial charge on any atom is -0.398 e. The normalized spacial score (nSPS) is 11.4. The highest BCUT2D eigenvalue weighted by molar-refractivity contribution is 9.10. The molecule has 4 nitrogen and oxygen atoms in total. The summed E-state index contributed by atoms with van der Waals surface area (Å²) in [4.78, 5) is -0.0712. The molecule has 21 heavy (non-hydrogen) atoms. The van der Waals surface area contributed by atoms with Crippen molar-refractivity contribution < 1.29 is 17.2 Å². The van der Waals surface area contributed by atoms with E-state index < -0.39 is 21.7 Å². The van der Waals surface area contributed by atoms with Crippen LogP contribution in [-0.4, -0.2) is 8.42 Å². The molecule has 0 unspecified atom stereocenters. The molecule has 0 amide bonds. The van der Waals surface area contributed by atoms with Crippen LogP contribution in [0.15, 0.2) is 39.7 Å². The van der Waals surface area contributed by atoms with Crippen molar-refractivity contribution in [3.8, 4) is 0 Å². The molecule has 0 spiro atoms. The lowest BCUT2D eigenvalue weighted by atomic mass is 10.2. The van der Waals surface area contributed by atoms with E-state index in [9.17, 15) is 17.2 Å². The molecule has 0 radical (unpaired) electrons. The summed E-state index contributed by atoms with van der Waals surface area (Å²) in [5, 5.41) is 0. The fourth-order valence-electron chi connectivity index (χ4n) is 1.75. The number of rotatable bonds is 3. The van der Waals surface area contributed by atoms with Gasteiger partial charge in [-0.1, -0.05) is 6.07 Å². The number of hydrogen-bond acceptors (Lipinski definition) is 3. The summed E-state index contributed by atoms with van der Waals surface area (Å²) in [5.41, 5.74) is 5.96. The first-order valence-corrected chi connectivity index (χ1v) is 8.02. The van der Waals surface area contributed by atoms with E-state index in [0.29, 0.717) is 17.3 Å². The average Bonchev–Trinajstić information content (AvgIpc) is 2.37. The second-order valence-corrected chi connectivity index (χ2v) is 6.83. The van der Waals surface area contributed by atoms with Crippen LogP contribution in [0.3, 0.4) is 0 Å². The van der Waals surface area contributed by atoms with Crippen molar-refractivity contribution in [2.75, 3.05) is 10.5 Å². The van der Waals surface area contributed by atoms with Crippen LogP contribution in [0.1, 0.15) is 5.56 Å². The van der Waals surface area contributed by atoms with Crippen LogP contribution >= 0.6 is 15.9 Å². The van der Waals surface area contributed by atoms with E-state index in [4.69, 9.17) is 5.73 Å². The predicted octanol–water partition coefficient (Wildman–Crippen LogP) is 3.42. The molecule has 0 aliphatic heterocycles. The van der Waals surface area contributed by atoms with Gasteiger partial charge in [-0.05, 0) is 46.6 Å². The second-order valence-electron chi connectivity index (χ2n) is 4.32. The van der Waals surface area contributed by atoms with Gasteiger partial charge in [0.15, 0.2) is 5.82 Å². The van der Waals surface area contributed by atoms with Gasteiger partial charge in [-0.25, -0.2) is 17.2 Å². The Bertz CT molecular complexity index is 787. The van der Waals surface area contributed by atoms with E-state index in [0.717, 1.165) is 6.07 Å². The topological polar surface area (TPSA) is 72.2 Å². The molecule has 0 fully saturated rings. The monoisotopic (exact) mass is 376 g/mol. The molecule has 0 aromatic heterocycles. The van der Waals surface area contributed by atoms with Crippen molar-refractivity contribution in [3.05, 3.63) is 52.0 Å². The molecule has 0 bridgehead atoms. The zero-order valence-corrected chi connectivity index (χ0v) is 13.2. The van der Waals surface area contributed by atoms with Crippen LogP contribution in [0, 0.1) is 18.6 Å². The summed E-state index contributed by atoms with van der Waals surface area (Å²) in [6.45, 7) is 1.54. The minimum absolute atomic E-state index is 0.0369. The molecule has 2 rings (SSSR count). The SMILES string of the molecule is Cc1c(N)cccc1S(=O)(=O)Nc1c(F)cc(F)cc1Br. The summed E-state index contributed by atoms with van der Waals surface area (Å²) in [6.07, 6.45) is 0. The quantitative estimate of drug-likeness (QED) is 0.806. The molecule has 0 saturated carbocycles. The van der Waals surface area contributed by atoms with E-state index in [1.807, 2.05) is 0 Å². The first-order chi connectivity index (χ1) is 9.72. The van der Waals surface area contributed by atoms with Crippen LogP contribution in [0.2, 0.25) is 0 Å². The van der Waals surface area contributed by atoms with E-state index >= 15 is 0 Å². The van der Waals surface area contributed by atoms with Gasteiger partial charge in [-0.2, -0.15) is 0 Å². The maximum atomic E-state index is 13.7. The lowest BCUT2D eigenvalue weighted by Crippen LogP contribution is -2.16. The molecule has 0 aliphatic carbocycles. The number of hydrogen-bond donors (Lipinski definition) is 2. The van der Waals surface area contributed by atoms with Crippen LogP contribution < -0.4 is 10.5 Å². The van der Waals surface area contributed by atoms with Crippen molar-refractivity contribution in [2.45, 2.75) is 11.8 Å². The Hall–Kier alpha value is -1.67. The summed E-state index contributed by atoms with van der Waals surface area (Å²) in [6, 6.07) is 5.95. The molecule has 0 aliphatic rings. The fourth-order valence-corrected chi connectivity index (χ4v) is 3.75. The molecule has 0 saturated heterocycles. The standard InChI is InChI=1S/C13H11BrF2N2O2S/c1-7-11(17)3-2-4-12(7)21(19,20)18-13-9(14)5-8(15)6-10(13)16/h2-6,18H,17H2,1H3. The van der Waals surface area contributed by atoms with Gasteiger partial charge in [0.1, 0.15) is 5.82 Å². The zero-order chi connectivity index (χ0) is 15.8. The van der Waals surface area contributed by atoms with Gasteiger partial charge < -0.3 is 5.73 Å².